The summed E-state index contributed by atoms with van der Waals surface area (Å²) < 4.78 is 7.30. The summed E-state index contributed by atoms with van der Waals surface area (Å²) in [6, 6.07) is 10.6. The van der Waals surface area contributed by atoms with Gasteiger partial charge in [-0.2, -0.15) is 0 Å². The Morgan fingerprint density at radius 1 is 1.24 bits per heavy atom. The zero-order chi connectivity index (χ0) is 15.0. The van der Waals surface area contributed by atoms with Crippen molar-refractivity contribution in [3.05, 3.63) is 41.4 Å². The number of aromatic hydroxyl groups is 1. The van der Waals surface area contributed by atoms with Crippen LogP contribution in [0.15, 0.2) is 36.4 Å². The van der Waals surface area contributed by atoms with E-state index in [1.165, 1.54) is 0 Å². The van der Waals surface area contributed by atoms with Crippen LogP contribution in [-0.2, 0) is 6.54 Å². The summed E-state index contributed by atoms with van der Waals surface area (Å²) in [4.78, 5) is 4.65. The molecule has 1 heterocycles. The Kier molecular flexibility index (Phi) is 3.47. The van der Waals surface area contributed by atoms with E-state index < -0.39 is 0 Å². The van der Waals surface area contributed by atoms with Crippen molar-refractivity contribution in [3.63, 3.8) is 0 Å². The maximum absolute atomic E-state index is 9.70. The van der Waals surface area contributed by atoms with Crippen LogP contribution in [0.4, 0.5) is 0 Å². The normalized spacial score (nSPS) is 11.0. The van der Waals surface area contributed by atoms with Crippen LogP contribution in [0.25, 0.3) is 22.4 Å². The highest BCUT2D eigenvalue weighted by molar-refractivity contribution is 6.33. The number of aryl methyl sites for hydroxylation is 1. The van der Waals surface area contributed by atoms with E-state index in [4.69, 9.17) is 16.3 Å². The maximum Gasteiger partial charge on any atom is 0.142 e. The molecule has 3 rings (SSSR count). The summed E-state index contributed by atoms with van der Waals surface area (Å²) in [5, 5.41) is 10.3. The third kappa shape index (κ3) is 2.32. The van der Waals surface area contributed by atoms with Crippen molar-refractivity contribution in [3.8, 4) is 22.9 Å². The van der Waals surface area contributed by atoms with Crippen LogP contribution in [0.2, 0.25) is 5.02 Å². The largest absolute Gasteiger partial charge is 0.508 e. The third-order valence-corrected chi connectivity index (χ3v) is 3.79. The van der Waals surface area contributed by atoms with Gasteiger partial charge in [0.2, 0.25) is 0 Å². The van der Waals surface area contributed by atoms with Crippen LogP contribution < -0.4 is 4.74 Å². The lowest BCUT2D eigenvalue weighted by Gasteiger charge is -2.08. The van der Waals surface area contributed by atoms with Crippen molar-refractivity contribution in [2.75, 3.05) is 7.11 Å². The molecule has 0 unspecified atom stereocenters. The number of hydrogen-bond acceptors (Lipinski definition) is 3. The van der Waals surface area contributed by atoms with Crippen LogP contribution in [0.1, 0.15) is 6.92 Å². The van der Waals surface area contributed by atoms with Gasteiger partial charge >= 0.3 is 0 Å². The highest BCUT2D eigenvalue weighted by Gasteiger charge is 2.15. The number of ether oxygens (including phenoxy) is 1. The van der Waals surface area contributed by atoms with Crippen molar-refractivity contribution >= 4 is 22.6 Å². The molecule has 3 aromatic rings. The molecule has 0 radical (unpaired) electrons. The van der Waals surface area contributed by atoms with Crippen LogP contribution in [0, 0.1) is 0 Å². The van der Waals surface area contributed by atoms with Crippen LogP contribution in [0.5, 0.6) is 11.5 Å². The fraction of sp³-hybridized carbons (Fsp3) is 0.188. The van der Waals surface area contributed by atoms with Crippen molar-refractivity contribution in [1.82, 2.24) is 9.55 Å². The van der Waals surface area contributed by atoms with Crippen molar-refractivity contribution < 1.29 is 9.84 Å². The Hall–Kier alpha value is -2.20. The smallest absolute Gasteiger partial charge is 0.142 e. The molecule has 0 saturated carbocycles. The molecule has 2 aromatic carbocycles. The predicted molar refractivity (Wildman–Crippen MR) is 84.1 cm³/mol. The zero-order valence-corrected chi connectivity index (χ0v) is 12.6. The summed E-state index contributed by atoms with van der Waals surface area (Å²) in [5.74, 6) is 1.67. The maximum atomic E-state index is 9.70. The fourth-order valence-corrected chi connectivity index (χ4v) is 2.65. The highest BCUT2D eigenvalue weighted by Crippen LogP contribution is 2.33. The van der Waals surface area contributed by atoms with Crippen LogP contribution in [0.3, 0.4) is 0 Å². The van der Waals surface area contributed by atoms with E-state index in [1.807, 2.05) is 25.1 Å². The zero-order valence-electron chi connectivity index (χ0n) is 11.8. The van der Waals surface area contributed by atoms with Gasteiger partial charge in [0.15, 0.2) is 0 Å². The summed E-state index contributed by atoms with van der Waals surface area (Å²) in [6.45, 7) is 2.80. The van der Waals surface area contributed by atoms with Gasteiger partial charge in [-0.3, -0.25) is 0 Å². The first-order valence-electron chi connectivity index (χ1n) is 6.67. The van der Waals surface area contributed by atoms with E-state index in [9.17, 15) is 5.11 Å². The molecule has 0 aliphatic heterocycles. The minimum absolute atomic E-state index is 0.168. The number of rotatable bonds is 3. The van der Waals surface area contributed by atoms with Gasteiger partial charge in [-0.25, -0.2) is 4.98 Å². The van der Waals surface area contributed by atoms with Gasteiger partial charge in [-0.05, 0) is 37.3 Å². The number of hydrogen-bond donors (Lipinski definition) is 1. The summed E-state index contributed by atoms with van der Waals surface area (Å²) in [6.07, 6.45) is 0. The average molecular weight is 303 g/mol. The van der Waals surface area contributed by atoms with E-state index >= 15 is 0 Å². The number of aromatic nitrogens is 2. The molecule has 0 bridgehead atoms. The number of phenolic OH excluding ortho intramolecular Hbond substituents is 1. The van der Waals surface area contributed by atoms with Gasteiger partial charge in [0.1, 0.15) is 17.3 Å². The SMILES string of the molecule is CCn1c(-c2cc(O)ccc2Cl)nc2cc(OC)ccc21. The van der Waals surface area contributed by atoms with Crippen LogP contribution >= 0.6 is 11.6 Å². The molecular formula is C16H15ClN2O2. The topological polar surface area (TPSA) is 47.3 Å². The molecule has 0 aliphatic rings. The minimum Gasteiger partial charge on any atom is -0.508 e. The molecule has 0 fully saturated rings. The van der Waals surface area contributed by atoms with Crippen molar-refractivity contribution in [1.29, 1.82) is 0 Å². The molecule has 0 saturated heterocycles. The first-order valence-corrected chi connectivity index (χ1v) is 7.05. The monoisotopic (exact) mass is 302 g/mol. The Bertz CT molecular complexity index is 811. The molecule has 1 aromatic heterocycles. The predicted octanol–water partition coefficient (Wildman–Crippen LogP) is 4.09. The lowest BCUT2D eigenvalue weighted by molar-refractivity contribution is 0.415. The molecule has 1 N–H and O–H groups in total. The van der Waals surface area contributed by atoms with E-state index in [0.29, 0.717) is 10.6 Å². The van der Waals surface area contributed by atoms with Gasteiger partial charge in [-0.1, -0.05) is 11.6 Å². The first-order chi connectivity index (χ1) is 10.1. The second-order valence-electron chi connectivity index (χ2n) is 4.70. The molecule has 0 aliphatic carbocycles. The minimum atomic E-state index is 0.168. The van der Waals surface area contributed by atoms with E-state index in [2.05, 4.69) is 9.55 Å². The molecule has 5 heteroatoms. The fourth-order valence-electron chi connectivity index (χ4n) is 2.45. The lowest BCUT2D eigenvalue weighted by Crippen LogP contribution is -1.97. The second kappa shape index (κ2) is 5.30. The molecule has 0 spiro atoms. The Labute approximate surface area is 127 Å². The van der Waals surface area contributed by atoms with Gasteiger partial charge in [0, 0.05) is 18.2 Å². The quantitative estimate of drug-likeness (QED) is 0.792. The molecule has 21 heavy (non-hydrogen) atoms. The first kappa shape index (κ1) is 13.8. The number of benzene rings is 2. The molecule has 4 nitrogen and oxygen atoms in total. The Morgan fingerprint density at radius 2 is 2.05 bits per heavy atom. The molecule has 0 amide bonds. The number of halogens is 1. The Balaban J connectivity index is 2.29. The highest BCUT2D eigenvalue weighted by atomic mass is 35.5. The summed E-state index contributed by atoms with van der Waals surface area (Å²) >= 11 is 6.26. The van der Waals surface area contributed by atoms with Gasteiger partial charge in [0.05, 0.1) is 23.2 Å². The van der Waals surface area contributed by atoms with Gasteiger partial charge < -0.3 is 14.4 Å². The standard InChI is InChI=1S/C16H15ClN2O2/c1-3-19-15-7-5-11(21-2)9-14(15)18-16(19)12-8-10(20)4-6-13(12)17/h4-9,20H,3H2,1-2H3. The van der Waals surface area contributed by atoms with E-state index in [1.54, 1.807) is 25.3 Å². The molecular weight excluding hydrogens is 288 g/mol. The van der Waals surface area contributed by atoms with Gasteiger partial charge in [0.25, 0.3) is 0 Å². The average Bonchev–Trinajstić information content (AvgIpc) is 2.86. The third-order valence-electron chi connectivity index (χ3n) is 3.46. The number of imidazole rings is 1. The number of phenols is 1. The summed E-state index contributed by atoms with van der Waals surface area (Å²) in [5.41, 5.74) is 2.56. The van der Waals surface area contributed by atoms with E-state index in [-0.39, 0.29) is 5.75 Å². The van der Waals surface area contributed by atoms with Gasteiger partial charge in [-0.15, -0.1) is 0 Å². The second-order valence-corrected chi connectivity index (χ2v) is 5.11. The molecule has 0 atom stereocenters. The van der Waals surface area contributed by atoms with Crippen molar-refractivity contribution in [2.24, 2.45) is 0 Å². The Morgan fingerprint density at radius 3 is 2.76 bits per heavy atom. The number of fused-ring (bicyclic) bond motifs is 1. The van der Waals surface area contributed by atoms with Crippen molar-refractivity contribution in [2.45, 2.75) is 13.5 Å². The number of methoxy groups -OCH3 is 1. The summed E-state index contributed by atoms with van der Waals surface area (Å²) in [7, 11) is 1.63. The van der Waals surface area contributed by atoms with E-state index in [0.717, 1.165) is 29.2 Å². The molecule has 108 valence electrons. The van der Waals surface area contributed by atoms with Crippen LogP contribution in [-0.4, -0.2) is 21.8 Å². The number of nitrogens with zero attached hydrogens (tertiary/aromatic N) is 2. The lowest BCUT2D eigenvalue weighted by atomic mass is 10.2.